The third-order valence-corrected chi connectivity index (χ3v) is 4.14. The van der Waals surface area contributed by atoms with Crippen molar-refractivity contribution in [1.82, 2.24) is 0 Å². The van der Waals surface area contributed by atoms with Crippen LogP contribution >= 0.6 is 11.6 Å². The second-order valence-electron chi connectivity index (χ2n) is 4.61. The predicted octanol–water partition coefficient (Wildman–Crippen LogP) is 3.04. The Balaban J connectivity index is 2.54. The van der Waals surface area contributed by atoms with E-state index in [4.69, 9.17) is 22.1 Å². The molecule has 1 aliphatic carbocycles. The van der Waals surface area contributed by atoms with E-state index in [9.17, 15) is 0 Å². The molecule has 3 heteroatoms. The number of halogens is 1. The first-order valence-electron chi connectivity index (χ1n) is 5.68. The van der Waals surface area contributed by atoms with Gasteiger partial charge in [0.05, 0.1) is 12.1 Å². The molecule has 16 heavy (non-hydrogen) atoms. The average molecular weight is 240 g/mol. The van der Waals surface area contributed by atoms with Crippen molar-refractivity contribution in [2.75, 3.05) is 13.7 Å². The Bertz CT molecular complexity index is 394. The molecule has 2 rings (SSSR count). The zero-order valence-electron chi connectivity index (χ0n) is 9.85. The molecule has 0 saturated heterocycles. The van der Waals surface area contributed by atoms with E-state index in [1.807, 2.05) is 6.07 Å². The van der Waals surface area contributed by atoms with Crippen LogP contribution in [0.4, 0.5) is 0 Å². The van der Waals surface area contributed by atoms with Gasteiger partial charge in [-0.3, -0.25) is 0 Å². The van der Waals surface area contributed by atoms with Gasteiger partial charge >= 0.3 is 0 Å². The van der Waals surface area contributed by atoms with E-state index in [1.54, 1.807) is 7.11 Å². The molecule has 1 aliphatic rings. The van der Waals surface area contributed by atoms with Crippen molar-refractivity contribution in [3.8, 4) is 5.75 Å². The summed E-state index contributed by atoms with van der Waals surface area (Å²) in [6.45, 7) is 2.76. The van der Waals surface area contributed by atoms with Crippen LogP contribution in [0.1, 0.15) is 30.4 Å². The quantitative estimate of drug-likeness (QED) is 0.880. The van der Waals surface area contributed by atoms with Crippen molar-refractivity contribution in [2.45, 2.75) is 31.6 Å². The highest BCUT2D eigenvalue weighted by molar-refractivity contribution is 6.33. The lowest BCUT2D eigenvalue weighted by molar-refractivity contribution is 0.251. The normalized spacial score (nSPS) is 18.0. The molecule has 0 aliphatic heterocycles. The van der Waals surface area contributed by atoms with E-state index in [-0.39, 0.29) is 5.41 Å². The summed E-state index contributed by atoms with van der Waals surface area (Å²) in [4.78, 5) is 0. The zero-order chi connectivity index (χ0) is 11.8. The molecule has 88 valence electrons. The Labute approximate surface area is 102 Å². The Hall–Kier alpha value is -0.730. The molecule has 0 heterocycles. The van der Waals surface area contributed by atoms with Crippen molar-refractivity contribution in [1.29, 1.82) is 0 Å². The Morgan fingerprint density at radius 2 is 2.12 bits per heavy atom. The lowest BCUT2D eigenvalue weighted by Crippen LogP contribution is -2.42. The number of hydrogen-bond donors (Lipinski definition) is 1. The molecule has 0 atom stereocenters. The van der Waals surface area contributed by atoms with Gasteiger partial charge < -0.3 is 10.5 Å². The highest BCUT2D eigenvalue weighted by Crippen LogP contribution is 2.48. The second-order valence-corrected chi connectivity index (χ2v) is 4.99. The van der Waals surface area contributed by atoms with Crippen LogP contribution in [0.3, 0.4) is 0 Å². The van der Waals surface area contributed by atoms with Gasteiger partial charge in [0.2, 0.25) is 0 Å². The van der Waals surface area contributed by atoms with Crippen molar-refractivity contribution in [3.05, 3.63) is 28.3 Å². The fraction of sp³-hybridized carbons (Fsp3) is 0.538. The van der Waals surface area contributed by atoms with E-state index < -0.39 is 0 Å². The van der Waals surface area contributed by atoms with Crippen LogP contribution in [0.2, 0.25) is 5.02 Å². The summed E-state index contributed by atoms with van der Waals surface area (Å²) in [6.07, 6.45) is 3.51. The minimum absolute atomic E-state index is 0.0930. The van der Waals surface area contributed by atoms with Crippen LogP contribution < -0.4 is 10.5 Å². The molecule has 1 saturated carbocycles. The van der Waals surface area contributed by atoms with E-state index in [0.717, 1.165) is 23.6 Å². The summed E-state index contributed by atoms with van der Waals surface area (Å²) < 4.78 is 5.28. The van der Waals surface area contributed by atoms with Gasteiger partial charge in [-0.05, 0) is 37.0 Å². The first-order chi connectivity index (χ1) is 7.64. The lowest BCUT2D eigenvalue weighted by atomic mass is 9.63. The Kier molecular flexibility index (Phi) is 3.13. The number of nitrogens with two attached hydrogens (primary N) is 1. The summed E-state index contributed by atoms with van der Waals surface area (Å²) in [5.41, 5.74) is 8.44. The van der Waals surface area contributed by atoms with Gasteiger partial charge in [-0.25, -0.2) is 0 Å². The maximum absolute atomic E-state index is 6.41. The smallest absolute Gasteiger partial charge is 0.137 e. The molecular weight excluding hydrogens is 222 g/mol. The molecule has 0 spiro atoms. The van der Waals surface area contributed by atoms with Gasteiger partial charge in [-0.2, -0.15) is 0 Å². The van der Waals surface area contributed by atoms with Crippen molar-refractivity contribution in [2.24, 2.45) is 5.73 Å². The Morgan fingerprint density at radius 1 is 1.44 bits per heavy atom. The molecule has 2 N–H and O–H groups in total. The number of hydrogen-bond acceptors (Lipinski definition) is 2. The van der Waals surface area contributed by atoms with Gasteiger partial charge in [0, 0.05) is 12.0 Å². The van der Waals surface area contributed by atoms with E-state index in [2.05, 4.69) is 13.0 Å². The number of aryl methyl sites for hydroxylation is 1. The standard InChI is InChI=1S/C13H18ClNO/c1-9-4-5-10(16-2)12(14)11(9)13(8-15)6-3-7-13/h4-5H,3,6-8,15H2,1-2H3. The van der Waals surface area contributed by atoms with Crippen molar-refractivity contribution < 1.29 is 4.74 Å². The summed E-state index contributed by atoms with van der Waals surface area (Å²) in [5.74, 6) is 0.752. The molecule has 0 aromatic heterocycles. The molecule has 0 bridgehead atoms. The zero-order valence-corrected chi connectivity index (χ0v) is 10.6. The summed E-state index contributed by atoms with van der Waals surface area (Å²) in [6, 6.07) is 3.99. The van der Waals surface area contributed by atoms with Gasteiger partial charge in [0.1, 0.15) is 5.75 Å². The first-order valence-corrected chi connectivity index (χ1v) is 6.06. The van der Waals surface area contributed by atoms with Gasteiger partial charge in [0.15, 0.2) is 0 Å². The van der Waals surface area contributed by atoms with Crippen LogP contribution in [-0.4, -0.2) is 13.7 Å². The van der Waals surface area contributed by atoms with E-state index in [0.29, 0.717) is 6.54 Å². The van der Waals surface area contributed by atoms with Crippen LogP contribution in [0.5, 0.6) is 5.75 Å². The highest BCUT2D eigenvalue weighted by atomic mass is 35.5. The van der Waals surface area contributed by atoms with Gasteiger partial charge in [-0.1, -0.05) is 24.1 Å². The molecule has 2 nitrogen and oxygen atoms in total. The summed E-state index contributed by atoms with van der Waals surface area (Å²) >= 11 is 6.41. The molecule has 0 unspecified atom stereocenters. The average Bonchev–Trinajstić information content (AvgIpc) is 2.22. The lowest BCUT2D eigenvalue weighted by Gasteiger charge is -2.43. The Morgan fingerprint density at radius 3 is 2.56 bits per heavy atom. The van der Waals surface area contributed by atoms with Gasteiger partial charge in [0.25, 0.3) is 0 Å². The monoisotopic (exact) mass is 239 g/mol. The molecule has 1 aromatic rings. The maximum Gasteiger partial charge on any atom is 0.137 e. The molecule has 1 aromatic carbocycles. The fourth-order valence-corrected chi connectivity index (χ4v) is 3.11. The minimum atomic E-state index is 0.0930. The molecular formula is C13H18ClNO. The predicted molar refractivity (Wildman–Crippen MR) is 67.3 cm³/mol. The molecule has 0 amide bonds. The SMILES string of the molecule is COc1ccc(C)c(C2(CN)CCC2)c1Cl. The van der Waals surface area contributed by atoms with Crippen LogP contribution in [0.25, 0.3) is 0 Å². The summed E-state index contributed by atoms with van der Waals surface area (Å²) in [7, 11) is 1.65. The van der Waals surface area contributed by atoms with E-state index >= 15 is 0 Å². The van der Waals surface area contributed by atoms with E-state index in [1.165, 1.54) is 17.5 Å². The largest absolute Gasteiger partial charge is 0.495 e. The van der Waals surface area contributed by atoms with Crippen LogP contribution in [0, 0.1) is 6.92 Å². The van der Waals surface area contributed by atoms with Crippen molar-refractivity contribution >= 4 is 11.6 Å². The molecule has 1 fully saturated rings. The number of ether oxygens (including phenoxy) is 1. The number of benzene rings is 1. The third-order valence-electron chi connectivity index (χ3n) is 3.77. The van der Waals surface area contributed by atoms with Gasteiger partial charge in [-0.15, -0.1) is 0 Å². The maximum atomic E-state index is 6.41. The highest BCUT2D eigenvalue weighted by Gasteiger charge is 2.40. The second kappa shape index (κ2) is 4.27. The summed E-state index contributed by atoms with van der Waals surface area (Å²) in [5, 5.41) is 0.743. The van der Waals surface area contributed by atoms with Crippen LogP contribution in [-0.2, 0) is 5.41 Å². The topological polar surface area (TPSA) is 35.2 Å². The van der Waals surface area contributed by atoms with Crippen molar-refractivity contribution in [3.63, 3.8) is 0 Å². The number of rotatable bonds is 3. The fourth-order valence-electron chi connectivity index (χ4n) is 2.62. The van der Waals surface area contributed by atoms with Crippen LogP contribution in [0.15, 0.2) is 12.1 Å². The number of methoxy groups -OCH3 is 1. The molecule has 0 radical (unpaired) electrons. The first kappa shape index (κ1) is 11.7. The minimum Gasteiger partial charge on any atom is -0.495 e. The third kappa shape index (κ3) is 1.61.